The highest BCUT2D eigenvalue weighted by Crippen LogP contribution is 2.33. The van der Waals surface area contributed by atoms with E-state index in [9.17, 15) is 18.0 Å². The number of aryl methyl sites for hydroxylation is 1. The summed E-state index contributed by atoms with van der Waals surface area (Å²) in [4.78, 5) is 21.2. The molecule has 0 aliphatic carbocycles. The van der Waals surface area contributed by atoms with Crippen molar-refractivity contribution in [2.24, 2.45) is 0 Å². The Morgan fingerprint density at radius 1 is 1.38 bits per heavy atom. The number of aromatic amines is 1. The highest BCUT2D eigenvalue weighted by atomic mass is 19.4. The number of hydrogen-bond acceptors (Lipinski definition) is 3. The summed E-state index contributed by atoms with van der Waals surface area (Å²) in [6.07, 6.45) is -3.41. The van der Waals surface area contributed by atoms with Gasteiger partial charge in [-0.25, -0.2) is 4.98 Å². The van der Waals surface area contributed by atoms with Gasteiger partial charge in [-0.05, 0) is 19.1 Å². The van der Waals surface area contributed by atoms with Crippen molar-refractivity contribution in [2.45, 2.75) is 19.2 Å². The molecule has 1 saturated heterocycles. The molecule has 24 heavy (non-hydrogen) atoms. The monoisotopic (exact) mass is 339 g/mol. The van der Waals surface area contributed by atoms with E-state index in [1.54, 1.807) is 6.20 Å². The first-order valence-electron chi connectivity index (χ1n) is 7.45. The van der Waals surface area contributed by atoms with E-state index in [0.717, 1.165) is 11.8 Å². The van der Waals surface area contributed by atoms with E-state index in [4.69, 9.17) is 4.74 Å². The minimum absolute atomic E-state index is 0.151. The van der Waals surface area contributed by atoms with Gasteiger partial charge in [0.15, 0.2) is 0 Å². The Kier molecular flexibility index (Phi) is 4.31. The van der Waals surface area contributed by atoms with Crippen molar-refractivity contribution < 1.29 is 22.7 Å². The molecule has 0 radical (unpaired) electrons. The second kappa shape index (κ2) is 6.27. The van der Waals surface area contributed by atoms with Gasteiger partial charge in [-0.15, -0.1) is 0 Å². The van der Waals surface area contributed by atoms with Crippen LogP contribution in [0.1, 0.15) is 33.5 Å². The number of alkyl halides is 3. The predicted molar refractivity (Wildman–Crippen MR) is 79.4 cm³/mol. The molecular weight excluding hydrogens is 323 g/mol. The molecule has 1 fully saturated rings. The van der Waals surface area contributed by atoms with Crippen LogP contribution in [-0.2, 0) is 10.9 Å². The Balaban J connectivity index is 1.83. The Bertz CT molecular complexity index is 742. The first-order valence-corrected chi connectivity index (χ1v) is 7.45. The zero-order valence-corrected chi connectivity index (χ0v) is 12.9. The van der Waals surface area contributed by atoms with E-state index in [-0.39, 0.29) is 25.3 Å². The lowest BCUT2D eigenvalue weighted by atomic mass is 10.1. The summed E-state index contributed by atoms with van der Waals surface area (Å²) in [5, 5.41) is 0. The molecule has 1 aliphatic heterocycles. The van der Waals surface area contributed by atoms with Gasteiger partial charge >= 0.3 is 6.18 Å². The lowest BCUT2D eigenvalue weighted by molar-refractivity contribution is -0.138. The highest BCUT2D eigenvalue weighted by Gasteiger charge is 2.37. The Hall–Kier alpha value is -2.35. The second-order valence-corrected chi connectivity index (χ2v) is 5.61. The molecule has 8 heteroatoms. The lowest BCUT2D eigenvalue weighted by Crippen LogP contribution is -2.43. The van der Waals surface area contributed by atoms with Crippen molar-refractivity contribution in [2.75, 3.05) is 19.7 Å². The number of nitrogens with one attached hydrogen (secondary N) is 1. The number of amides is 1. The number of morpholine rings is 1. The zero-order valence-electron chi connectivity index (χ0n) is 12.9. The number of carbonyl (C=O) groups excluding carboxylic acids is 1. The molecule has 1 N–H and O–H groups in total. The third-order valence-electron chi connectivity index (χ3n) is 3.84. The molecule has 0 saturated carbocycles. The maximum atomic E-state index is 13.1. The van der Waals surface area contributed by atoms with Crippen molar-refractivity contribution >= 4 is 5.91 Å². The van der Waals surface area contributed by atoms with Crippen LogP contribution in [0.2, 0.25) is 0 Å². The number of benzene rings is 1. The fraction of sp³-hybridized carbons (Fsp3) is 0.375. The zero-order chi connectivity index (χ0) is 17.3. The summed E-state index contributed by atoms with van der Waals surface area (Å²) in [5.74, 6) is -0.0893. The molecule has 128 valence electrons. The lowest BCUT2D eigenvalue weighted by Gasteiger charge is -2.32. The molecule has 5 nitrogen and oxygen atoms in total. The van der Waals surface area contributed by atoms with Gasteiger partial charge in [-0.3, -0.25) is 4.79 Å². The minimum Gasteiger partial charge on any atom is -0.367 e. The van der Waals surface area contributed by atoms with Crippen LogP contribution in [0, 0.1) is 6.92 Å². The van der Waals surface area contributed by atoms with Crippen LogP contribution in [0.3, 0.4) is 0 Å². The molecule has 0 unspecified atom stereocenters. The van der Waals surface area contributed by atoms with E-state index in [0.29, 0.717) is 5.82 Å². The Labute approximate surface area is 136 Å². The van der Waals surface area contributed by atoms with E-state index >= 15 is 0 Å². The van der Waals surface area contributed by atoms with E-state index in [1.165, 1.54) is 23.1 Å². The Morgan fingerprint density at radius 2 is 2.12 bits per heavy atom. The van der Waals surface area contributed by atoms with Crippen LogP contribution in [0.4, 0.5) is 13.2 Å². The maximum Gasteiger partial charge on any atom is 0.417 e. The van der Waals surface area contributed by atoms with Crippen molar-refractivity contribution in [3.63, 3.8) is 0 Å². The molecule has 2 heterocycles. The second-order valence-electron chi connectivity index (χ2n) is 5.61. The molecule has 0 bridgehead atoms. The topological polar surface area (TPSA) is 58.2 Å². The van der Waals surface area contributed by atoms with Gasteiger partial charge < -0.3 is 14.6 Å². The normalized spacial score (nSPS) is 18.7. The van der Waals surface area contributed by atoms with Gasteiger partial charge in [0.05, 0.1) is 24.3 Å². The standard InChI is InChI=1S/C16H16F3N3O2/c1-10-8-20-14(21-10)13-9-22(6-7-24-13)15(23)11-4-2-3-5-12(11)16(17,18)19/h2-5,8,13H,6-7,9H2,1H3,(H,20,21)/t13-/m0/s1. The average Bonchev–Trinajstić information content (AvgIpc) is 3.00. The molecule has 1 amide bonds. The highest BCUT2D eigenvalue weighted by molar-refractivity contribution is 5.96. The fourth-order valence-corrected chi connectivity index (χ4v) is 2.68. The molecule has 3 rings (SSSR count). The molecule has 0 spiro atoms. The van der Waals surface area contributed by atoms with E-state index < -0.39 is 23.8 Å². The van der Waals surface area contributed by atoms with Crippen LogP contribution < -0.4 is 0 Å². The summed E-state index contributed by atoms with van der Waals surface area (Å²) >= 11 is 0. The van der Waals surface area contributed by atoms with Crippen molar-refractivity contribution in [1.29, 1.82) is 0 Å². The number of aromatic nitrogens is 2. The summed E-state index contributed by atoms with van der Waals surface area (Å²) in [6.45, 7) is 2.46. The van der Waals surface area contributed by atoms with Crippen molar-refractivity contribution in [3.8, 4) is 0 Å². The van der Waals surface area contributed by atoms with Gasteiger partial charge in [0, 0.05) is 18.4 Å². The molecule has 2 aromatic rings. The molecule has 1 atom stereocenters. The third-order valence-corrected chi connectivity index (χ3v) is 3.84. The smallest absolute Gasteiger partial charge is 0.367 e. The van der Waals surface area contributed by atoms with Gasteiger partial charge in [-0.1, -0.05) is 12.1 Å². The number of imidazole rings is 1. The number of H-pyrrole nitrogens is 1. The maximum absolute atomic E-state index is 13.1. The number of carbonyl (C=O) groups is 1. The number of rotatable bonds is 2. The van der Waals surface area contributed by atoms with E-state index in [1.807, 2.05) is 6.92 Å². The summed E-state index contributed by atoms with van der Waals surface area (Å²) in [5.41, 5.74) is -0.423. The quantitative estimate of drug-likeness (QED) is 0.915. The average molecular weight is 339 g/mol. The molecular formula is C16H16F3N3O2. The number of ether oxygens (including phenoxy) is 1. The fourth-order valence-electron chi connectivity index (χ4n) is 2.68. The minimum atomic E-state index is -4.57. The Morgan fingerprint density at radius 3 is 2.79 bits per heavy atom. The summed E-state index contributed by atoms with van der Waals surface area (Å²) < 4.78 is 44.9. The first-order chi connectivity index (χ1) is 11.4. The molecule has 1 aromatic heterocycles. The van der Waals surface area contributed by atoms with E-state index in [2.05, 4.69) is 9.97 Å². The van der Waals surface area contributed by atoms with Crippen molar-refractivity contribution in [1.82, 2.24) is 14.9 Å². The summed E-state index contributed by atoms with van der Waals surface area (Å²) in [6, 6.07) is 4.82. The SMILES string of the molecule is Cc1cnc([C@@H]2CN(C(=O)c3ccccc3C(F)(F)F)CCO2)[nH]1. The molecule has 1 aromatic carbocycles. The van der Waals surface area contributed by atoms with Gasteiger partial charge in [-0.2, -0.15) is 13.2 Å². The number of halogens is 3. The van der Waals surface area contributed by atoms with Gasteiger partial charge in [0.1, 0.15) is 11.9 Å². The number of hydrogen-bond donors (Lipinski definition) is 1. The largest absolute Gasteiger partial charge is 0.417 e. The van der Waals surface area contributed by atoms with Crippen LogP contribution in [-0.4, -0.2) is 40.5 Å². The summed E-state index contributed by atoms with van der Waals surface area (Å²) in [7, 11) is 0. The molecule has 1 aliphatic rings. The van der Waals surface area contributed by atoms with Crippen LogP contribution in [0.25, 0.3) is 0 Å². The first kappa shape index (κ1) is 16.5. The van der Waals surface area contributed by atoms with Crippen LogP contribution in [0.5, 0.6) is 0 Å². The van der Waals surface area contributed by atoms with Crippen LogP contribution >= 0.6 is 0 Å². The number of nitrogens with zero attached hydrogens (tertiary/aromatic N) is 2. The predicted octanol–water partition coefficient (Wildman–Crippen LogP) is 2.95. The van der Waals surface area contributed by atoms with Crippen LogP contribution in [0.15, 0.2) is 30.5 Å². The van der Waals surface area contributed by atoms with Gasteiger partial charge in [0.2, 0.25) is 0 Å². The third kappa shape index (κ3) is 3.28. The van der Waals surface area contributed by atoms with Crippen molar-refractivity contribution in [3.05, 3.63) is 53.1 Å². The van der Waals surface area contributed by atoms with Gasteiger partial charge in [0.25, 0.3) is 5.91 Å².